The molecule has 198 valence electrons. The number of sulfonamides is 1. The lowest BCUT2D eigenvalue weighted by atomic mass is 9.96. The normalized spacial score (nSPS) is 15.2. The monoisotopic (exact) mass is 563 g/mol. The van der Waals surface area contributed by atoms with Crippen LogP contribution in [0.4, 0.5) is 22.7 Å². The fourth-order valence-corrected chi connectivity index (χ4v) is 7.00. The number of rotatable bonds is 6. The highest BCUT2D eigenvalue weighted by atomic mass is 32.2. The molecule has 6 nitrogen and oxygen atoms in total. The van der Waals surface area contributed by atoms with Crippen molar-refractivity contribution < 1.29 is 30.8 Å². The number of hydrogen-bond donors (Lipinski definition) is 0. The van der Waals surface area contributed by atoms with E-state index in [1.165, 1.54) is 4.90 Å². The number of aromatic nitrogens is 1. The molecule has 4 aromatic rings. The Balaban J connectivity index is 1.40. The van der Waals surface area contributed by atoms with Crippen LogP contribution in [0.25, 0.3) is 10.2 Å². The zero-order chi connectivity index (χ0) is 27.0. The molecule has 0 radical (unpaired) electrons. The van der Waals surface area contributed by atoms with Crippen LogP contribution in [0.15, 0.2) is 65.6 Å². The van der Waals surface area contributed by atoms with E-state index in [-0.39, 0.29) is 53.7 Å². The van der Waals surface area contributed by atoms with Crippen LogP contribution >= 0.6 is 11.3 Å². The van der Waals surface area contributed by atoms with Crippen LogP contribution < -0.4 is 4.90 Å². The van der Waals surface area contributed by atoms with E-state index in [9.17, 15) is 30.8 Å². The van der Waals surface area contributed by atoms with Gasteiger partial charge in [0.05, 0.1) is 11.2 Å². The highest BCUT2D eigenvalue weighted by Crippen LogP contribution is 2.34. The molecule has 5 rings (SSSR count). The first-order valence-electron chi connectivity index (χ1n) is 11.7. The van der Waals surface area contributed by atoms with Gasteiger partial charge in [-0.15, -0.1) is 0 Å². The molecule has 1 saturated heterocycles. The van der Waals surface area contributed by atoms with Crippen LogP contribution in [0, 0.1) is 29.2 Å². The maximum absolute atomic E-state index is 14.3. The number of nitrogens with zero attached hydrogens (tertiary/aromatic N) is 3. The number of anilines is 1. The molecule has 0 atom stereocenters. The van der Waals surface area contributed by atoms with E-state index < -0.39 is 44.1 Å². The van der Waals surface area contributed by atoms with Crippen LogP contribution in [0.3, 0.4) is 0 Å². The number of carbonyl (C=O) groups excluding carboxylic acids is 1. The van der Waals surface area contributed by atoms with Gasteiger partial charge in [0.15, 0.2) is 10.9 Å². The topological polar surface area (TPSA) is 70.6 Å². The average Bonchev–Trinajstić information content (AvgIpc) is 3.33. The molecule has 38 heavy (non-hydrogen) atoms. The van der Waals surface area contributed by atoms with Crippen LogP contribution in [-0.4, -0.2) is 36.7 Å². The lowest BCUT2D eigenvalue weighted by molar-refractivity contribution is -0.123. The first-order chi connectivity index (χ1) is 18.1. The van der Waals surface area contributed by atoms with Crippen LogP contribution in [0.2, 0.25) is 0 Å². The molecule has 1 aliphatic rings. The lowest BCUT2D eigenvalue weighted by Crippen LogP contribution is -2.44. The lowest BCUT2D eigenvalue weighted by Gasteiger charge is -2.33. The molecule has 0 N–H and O–H groups in total. The number of carbonyl (C=O) groups is 1. The van der Waals surface area contributed by atoms with Gasteiger partial charge in [-0.25, -0.2) is 31.0 Å². The first-order valence-corrected chi connectivity index (χ1v) is 14.0. The summed E-state index contributed by atoms with van der Waals surface area (Å²) < 4.78 is 83.1. The summed E-state index contributed by atoms with van der Waals surface area (Å²) in [5, 5.41) is 0.190. The molecule has 0 unspecified atom stereocenters. The molecule has 0 aliphatic carbocycles. The third kappa shape index (κ3) is 5.16. The Kier molecular flexibility index (Phi) is 7.21. The van der Waals surface area contributed by atoms with Gasteiger partial charge in [0.25, 0.3) is 0 Å². The van der Waals surface area contributed by atoms with Crippen LogP contribution in [-0.2, 0) is 21.4 Å². The Morgan fingerprint density at radius 1 is 0.947 bits per heavy atom. The van der Waals surface area contributed by atoms with Gasteiger partial charge in [-0.05, 0) is 42.7 Å². The number of benzene rings is 3. The highest BCUT2D eigenvalue weighted by molar-refractivity contribution is 7.89. The summed E-state index contributed by atoms with van der Waals surface area (Å²) in [4.78, 5) is 18.6. The molecule has 0 spiro atoms. The predicted octanol–water partition coefficient (Wildman–Crippen LogP) is 5.49. The summed E-state index contributed by atoms with van der Waals surface area (Å²) in [6.07, 6.45) is 0.266. The van der Waals surface area contributed by atoms with Crippen molar-refractivity contribution in [3.63, 3.8) is 0 Å². The molecule has 1 aromatic heterocycles. The summed E-state index contributed by atoms with van der Waals surface area (Å²) in [6.45, 7) is -0.0300. The van der Waals surface area contributed by atoms with E-state index in [1.54, 1.807) is 12.1 Å². The van der Waals surface area contributed by atoms with Crippen LogP contribution in [0.1, 0.15) is 18.4 Å². The van der Waals surface area contributed by atoms with Crippen molar-refractivity contribution in [2.45, 2.75) is 24.3 Å². The molecule has 3 aromatic carbocycles. The van der Waals surface area contributed by atoms with Crippen molar-refractivity contribution in [3.8, 4) is 0 Å². The van der Waals surface area contributed by atoms with Gasteiger partial charge in [0.1, 0.15) is 27.9 Å². The fourth-order valence-electron chi connectivity index (χ4n) is 4.44. The van der Waals surface area contributed by atoms with Crippen molar-refractivity contribution in [1.29, 1.82) is 0 Å². The number of amides is 1. The van der Waals surface area contributed by atoms with Gasteiger partial charge in [0.2, 0.25) is 15.9 Å². The van der Waals surface area contributed by atoms with Crippen molar-refractivity contribution in [2.24, 2.45) is 5.92 Å². The van der Waals surface area contributed by atoms with Crippen molar-refractivity contribution in [3.05, 3.63) is 89.5 Å². The Bertz CT molecular complexity index is 1610. The zero-order valence-electron chi connectivity index (χ0n) is 19.8. The molecule has 1 fully saturated rings. The SMILES string of the molecule is O=C(C1CCN(S(=O)(=O)c2cc(F)ccc2F)CC1)N(Cc1ccccc1)c1nc2c(F)cc(F)cc2s1. The smallest absolute Gasteiger partial charge is 0.246 e. The molecule has 0 saturated carbocycles. The number of hydrogen-bond acceptors (Lipinski definition) is 5. The van der Waals surface area contributed by atoms with Gasteiger partial charge in [-0.2, -0.15) is 4.31 Å². The quantitative estimate of drug-likeness (QED) is 0.291. The molecule has 2 heterocycles. The number of fused-ring (bicyclic) bond motifs is 1. The van der Waals surface area contributed by atoms with E-state index in [2.05, 4.69) is 4.98 Å². The van der Waals surface area contributed by atoms with E-state index in [0.717, 1.165) is 45.5 Å². The van der Waals surface area contributed by atoms with Crippen molar-refractivity contribution in [1.82, 2.24) is 9.29 Å². The number of thiazole rings is 1. The second-order valence-electron chi connectivity index (χ2n) is 8.89. The molecule has 12 heteroatoms. The molecule has 0 bridgehead atoms. The minimum absolute atomic E-state index is 0.0460. The van der Waals surface area contributed by atoms with E-state index in [0.29, 0.717) is 6.07 Å². The molecule has 1 aliphatic heterocycles. The van der Waals surface area contributed by atoms with E-state index in [4.69, 9.17) is 0 Å². The Morgan fingerprint density at radius 3 is 2.37 bits per heavy atom. The van der Waals surface area contributed by atoms with Gasteiger partial charge in [-0.1, -0.05) is 41.7 Å². The number of piperidine rings is 1. The third-order valence-electron chi connectivity index (χ3n) is 6.40. The summed E-state index contributed by atoms with van der Waals surface area (Å²) in [7, 11) is -4.31. The van der Waals surface area contributed by atoms with Gasteiger partial charge in [0, 0.05) is 25.1 Å². The van der Waals surface area contributed by atoms with Crippen LogP contribution in [0.5, 0.6) is 0 Å². The van der Waals surface area contributed by atoms with Crippen molar-refractivity contribution in [2.75, 3.05) is 18.0 Å². The Morgan fingerprint density at radius 2 is 1.66 bits per heavy atom. The molecular formula is C26H21F4N3O3S2. The average molecular weight is 564 g/mol. The second-order valence-corrected chi connectivity index (χ2v) is 11.8. The fraction of sp³-hybridized carbons (Fsp3) is 0.231. The minimum Gasteiger partial charge on any atom is -0.283 e. The summed E-state index contributed by atoms with van der Waals surface area (Å²) in [5.74, 6) is -4.47. The summed E-state index contributed by atoms with van der Waals surface area (Å²) in [6, 6.07) is 13.2. The highest BCUT2D eigenvalue weighted by Gasteiger charge is 2.36. The van der Waals surface area contributed by atoms with Gasteiger partial charge in [-0.3, -0.25) is 9.69 Å². The van der Waals surface area contributed by atoms with E-state index in [1.807, 2.05) is 18.2 Å². The summed E-state index contributed by atoms with van der Waals surface area (Å²) >= 11 is 0.981. The largest absolute Gasteiger partial charge is 0.283 e. The number of halogens is 4. The Labute approximate surface area is 220 Å². The minimum atomic E-state index is -4.31. The predicted molar refractivity (Wildman–Crippen MR) is 135 cm³/mol. The first kappa shape index (κ1) is 26.3. The van der Waals surface area contributed by atoms with E-state index >= 15 is 0 Å². The Hall–Kier alpha value is -3.35. The zero-order valence-corrected chi connectivity index (χ0v) is 21.4. The summed E-state index contributed by atoms with van der Waals surface area (Å²) in [5.41, 5.74) is 0.739. The molecular weight excluding hydrogens is 542 g/mol. The second kappa shape index (κ2) is 10.4. The maximum Gasteiger partial charge on any atom is 0.246 e. The van der Waals surface area contributed by atoms with Gasteiger partial charge >= 0.3 is 0 Å². The third-order valence-corrected chi connectivity index (χ3v) is 9.34. The molecule has 1 amide bonds. The standard InChI is InChI=1S/C26H21F4N3O3S2/c27-18-6-7-20(29)23(14-18)38(35,36)32-10-8-17(9-11-32)25(34)33(15-16-4-2-1-3-5-16)26-31-24-21(30)12-19(28)13-22(24)37-26/h1-7,12-14,17H,8-11,15H2. The van der Waals surface area contributed by atoms with Gasteiger partial charge < -0.3 is 0 Å². The maximum atomic E-state index is 14.3. The van der Waals surface area contributed by atoms with Crippen molar-refractivity contribution >= 4 is 42.6 Å².